The zero-order valence-corrected chi connectivity index (χ0v) is 20.4. The van der Waals surface area contributed by atoms with Crippen molar-refractivity contribution >= 4 is 11.7 Å². The number of benzene rings is 2. The molecule has 0 radical (unpaired) electrons. The maximum Gasteiger partial charge on any atom is 0.248 e. The Balaban J connectivity index is 1.36. The average Bonchev–Trinajstić information content (AvgIpc) is 3.24. The molecular weight excluding hydrogens is 426 g/mol. The topological polar surface area (TPSA) is 81.9 Å². The van der Waals surface area contributed by atoms with Gasteiger partial charge in [-0.15, -0.1) is 0 Å². The predicted octanol–water partition coefficient (Wildman–Crippen LogP) is 5.21. The predicted molar refractivity (Wildman–Crippen MR) is 131 cm³/mol. The van der Waals surface area contributed by atoms with Crippen molar-refractivity contribution < 1.29 is 9.53 Å². The van der Waals surface area contributed by atoms with Gasteiger partial charge in [0.15, 0.2) is 5.78 Å². The summed E-state index contributed by atoms with van der Waals surface area (Å²) in [7, 11) is 0. The molecule has 0 saturated carbocycles. The van der Waals surface area contributed by atoms with Gasteiger partial charge in [-0.1, -0.05) is 76.1 Å². The number of carbonyl (C=O) groups is 1. The number of allylic oxidation sites excluding steroid dienone is 2. The first-order valence-electron chi connectivity index (χ1n) is 11.7. The Morgan fingerprint density at radius 2 is 1.76 bits per heavy atom. The van der Waals surface area contributed by atoms with Crippen LogP contribution in [0.4, 0.5) is 5.95 Å². The molecule has 0 fully saturated rings. The number of nitrogens with zero attached hydrogens (tertiary/aromatic N) is 4. The van der Waals surface area contributed by atoms with E-state index in [2.05, 4.69) is 79.7 Å². The molecule has 0 amide bonds. The van der Waals surface area contributed by atoms with Crippen molar-refractivity contribution in [2.24, 2.45) is 5.41 Å². The van der Waals surface area contributed by atoms with Gasteiger partial charge in [-0.25, -0.2) is 0 Å². The summed E-state index contributed by atoms with van der Waals surface area (Å²) in [5, 5.41) is 15.4. The van der Waals surface area contributed by atoms with Gasteiger partial charge in [0.25, 0.3) is 0 Å². The standard InChI is InChI=1S/C27H31N5O2/c1-26(2,3)19-10-6-17(7-11-19)16-34-20-12-8-18(9-13-20)24-23-21(14-27(4,5)15-22(23)33)28-25-29-30-31-32(24)25/h6-13,24H,14-16H2,1-5H3,(H,28,29,31). The highest BCUT2D eigenvalue weighted by molar-refractivity contribution is 6.00. The summed E-state index contributed by atoms with van der Waals surface area (Å²) in [4.78, 5) is 13.2. The highest BCUT2D eigenvalue weighted by Gasteiger charge is 2.41. The van der Waals surface area contributed by atoms with Crippen LogP contribution in [-0.4, -0.2) is 26.0 Å². The molecule has 5 rings (SSSR count). The van der Waals surface area contributed by atoms with Crippen LogP contribution in [0.25, 0.3) is 0 Å². The van der Waals surface area contributed by atoms with E-state index in [0.29, 0.717) is 19.0 Å². The zero-order chi connectivity index (χ0) is 24.1. The lowest BCUT2D eigenvalue weighted by atomic mass is 9.73. The van der Waals surface area contributed by atoms with Gasteiger partial charge in [0.05, 0.1) is 0 Å². The van der Waals surface area contributed by atoms with Crippen molar-refractivity contribution in [2.45, 2.75) is 65.5 Å². The van der Waals surface area contributed by atoms with Gasteiger partial charge in [0.1, 0.15) is 18.4 Å². The molecule has 0 bridgehead atoms. The third-order valence-corrected chi connectivity index (χ3v) is 6.61. The number of aromatic nitrogens is 4. The van der Waals surface area contributed by atoms with Crippen molar-refractivity contribution in [3.63, 3.8) is 0 Å². The molecule has 0 saturated heterocycles. The summed E-state index contributed by atoms with van der Waals surface area (Å²) in [5.41, 5.74) is 5.11. The summed E-state index contributed by atoms with van der Waals surface area (Å²) in [6.45, 7) is 11.4. The Kier molecular flexibility index (Phi) is 5.30. The van der Waals surface area contributed by atoms with E-state index in [9.17, 15) is 4.79 Å². The van der Waals surface area contributed by atoms with Gasteiger partial charge in [0.2, 0.25) is 5.95 Å². The number of nitrogens with one attached hydrogen (secondary N) is 1. The normalized spacial score (nSPS) is 19.3. The van der Waals surface area contributed by atoms with E-state index in [1.807, 2.05) is 24.3 Å². The molecular formula is C27H31N5O2. The van der Waals surface area contributed by atoms with Crippen molar-refractivity contribution in [2.75, 3.05) is 5.32 Å². The monoisotopic (exact) mass is 457 g/mol. The summed E-state index contributed by atoms with van der Waals surface area (Å²) in [6.07, 6.45) is 1.29. The number of Topliss-reactive ketones (excluding diaryl/α,β-unsaturated/α-hetero) is 1. The number of hydrogen-bond acceptors (Lipinski definition) is 6. The second kappa shape index (κ2) is 8.08. The van der Waals surface area contributed by atoms with Crippen molar-refractivity contribution in [3.05, 3.63) is 76.5 Å². The minimum absolute atomic E-state index is 0.0914. The number of hydrogen-bond donors (Lipinski definition) is 1. The van der Waals surface area contributed by atoms with E-state index in [0.717, 1.165) is 34.6 Å². The largest absolute Gasteiger partial charge is 0.489 e. The van der Waals surface area contributed by atoms with E-state index in [-0.39, 0.29) is 22.7 Å². The quantitative estimate of drug-likeness (QED) is 0.579. The fourth-order valence-electron chi connectivity index (χ4n) is 4.79. The van der Waals surface area contributed by atoms with Crippen LogP contribution >= 0.6 is 0 Å². The number of anilines is 1. The first-order valence-corrected chi connectivity index (χ1v) is 11.7. The highest BCUT2D eigenvalue weighted by atomic mass is 16.5. The number of rotatable bonds is 4. The fraction of sp³-hybridized carbons (Fsp3) is 0.407. The highest BCUT2D eigenvalue weighted by Crippen LogP contribution is 2.45. The molecule has 1 aliphatic carbocycles. The average molecular weight is 458 g/mol. The number of tetrazole rings is 1. The summed E-state index contributed by atoms with van der Waals surface area (Å²) < 4.78 is 7.73. The minimum Gasteiger partial charge on any atom is -0.489 e. The second-order valence-electron chi connectivity index (χ2n) is 11.1. The maximum absolute atomic E-state index is 13.2. The van der Waals surface area contributed by atoms with Crippen molar-refractivity contribution in [3.8, 4) is 5.75 Å². The van der Waals surface area contributed by atoms with Gasteiger partial charge < -0.3 is 10.1 Å². The van der Waals surface area contributed by atoms with Crippen LogP contribution in [0.3, 0.4) is 0 Å². The molecule has 176 valence electrons. The Morgan fingerprint density at radius 1 is 1.06 bits per heavy atom. The second-order valence-corrected chi connectivity index (χ2v) is 11.1. The van der Waals surface area contributed by atoms with Crippen LogP contribution in [-0.2, 0) is 16.8 Å². The Bertz CT molecular complexity index is 1250. The van der Waals surface area contributed by atoms with E-state index in [1.54, 1.807) is 4.68 Å². The third-order valence-electron chi connectivity index (χ3n) is 6.61. The van der Waals surface area contributed by atoms with Crippen LogP contribution in [0, 0.1) is 5.41 Å². The van der Waals surface area contributed by atoms with E-state index >= 15 is 0 Å². The smallest absolute Gasteiger partial charge is 0.248 e. The maximum atomic E-state index is 13.2. The number of ether oxygens (including phenoxy) is 1. The van der Waals surface area contributed by atoms with Crippen LogP contribution in [0.15, 0.2) is 59.8 Å². The first kappa shape index (κ1) is 22.3. The van der Waals surface area contributed by atoms with E-state index in [4.69, 9.17) is 4.74 Å². The SMILES string of the molecule is CC1(C)CC(=O)C2=C(C1)Nc1nnnn1C2c1ccc(OCc2ccc(C(C)(C)C)cc2)cc1. The molecule has 1 aliphatic heterocycles. The van der Waals surface area contributed by atoms with Crippen molar-refractivity contribution in [1.82, 2.24) is 20.2 Å². The van der Waals surface area contributed by atoms with Gasteiger partial charge in [0, 0.05) is 17.7 Å². The van der Waals surface area contributed by atoms with Gasteiger partial charge in [-0.2, -0.15) is 4.68 Å². The lowest BCUT2D eigenvalue weighted by molar-refractivity contribution is -0.118. The Morgan fingerprint density at radius 3 is 2.44 bits per heavy atom. The van der Waals surface area contributed by atoms with Crippen molar-refractivity contribution in [1.29, 1.82) is 0 Å². The Labute approximate surface area is 200 Å². The molecule has 3 aromatic rings. The van der Waals surface area contributed by atoms with Crippen LogP contribution in [0.2, 0.25) is 0 Å². The molecule has 1 unspecified atom stereocenters. The molecule has 0 spiro atoms. The van der Waals surface area contributed by atoms with Crippen LogP contribution < -0.4 is 10.1 Å². The molecule has 1 aromatic heterocycles. The summed E-state index contributed by atoms with van der Waals surface area (Å²) in [6, 6.07) is 16.1. The lowest BCUT2D eigenvalue weighted by Gasteiger charge is -2.37. The molecule has 2 heterocycles. The van der Waals surface area contributed by atoms with Gasteiger partial charge in [-0.3, -0.25) is 4.79 Å². The van der Waals surface area contributed by atoms with E-state index in [1.165, 1.54) is 5.56 Å². The number of fused-ring (bicyclic) bond motifs is 1. The third kappa shape index (κ3) is 4.22. The summed E-state index contributed by atoms with van der Waals surface area (Å²) in [5.74, 6) is 1.48. The number of ketones is 1. The summed E-state index contributed by atoms with van der Waals surface area (Å²) >= 11 is 0. The molecule has 7 heteroatoms. The Hall–Kier alpha value is -3.48. The number of carbonyl (C=O) groups excluding carboxylic acids is 1. The molecule has 2 aromatic carbocycles. The van der Waals surface area contributed by atoms with Gasteiger partial charge >= 0.3 is 0 Å². The van der Waals surface area contributed by atoms with Crippen LogP contribution in [0.5, 0.6) is 5.75 Å². The molecule has 1 atom stereocenters. The van der Waals surface area contributed by atoms with E-state index < -0.39 is 0 Å². The molecule has 7 nitrogen and oxygen atoms in total. The minimum atomic E-state index is -0.344. The lowest BCUT2D eigenvalue weighted by Crippen LogP contribution is -2.36. The molecule has 1 N–H and O–H groups in total. The first-order chi connectivity index (χ1) is 16.1. The van der Waals surface area contributed by atoms with Crippen LogP contribution in [0.1, 0.15) is 70.2 Å². The zero-order valence-electron chi connectivity index (χ0n) is 20.4. The van der Waals surface area contributed by atoms with Gasteiger partial charge in [-0.05, 0) is 56.5 Å². The molecule has 34 heavy (non-hydrogen) atoms. The molecule has 2 aliphatic rings. The fourth-order valence-corrected chi connectivity index (χ4v) is 4.79.